The first-order chi connectivity index (χ1) is 5.29. The van der Waals surface area contributed by atoms with Gasteiger partial charge in [0.05, 0.1) is 0 Å². The summed E-state index contributed by atoms with van der Waals surface area (Å²) in [5, 5.41) is 8.45. The second-order valence-electron chi connectivity index (χ2n) is 3.05. The zero-order valence-electron chi connectivity index (χ0n) is 6.75. The second kappa shape index (κ2) is 4.71. The minimum Gasteiger partial charge on any atom is -0.481 e. The third kappa shape index (κ3) is 3.71. The Labute approximate surface area is 68.7 Å². The summed E-state index contributed by atoms with van der Waals surface area (Å²) in [6, 6.07) is 0. The zero-order chi connectivity index (χ0) is 8.10. The fourth-order valence-corrected chi connectivity index (χ4v) is 3.96. The van der Waals surface area contributed by atoms with Crippen LogP contribution in [0.5, 0.6) is 0 Å². The lowest BCUT2D eigenvalue weighted by Gasteiger charge is -2.21. The van der Waals surface area contributed by atoms with Crippen LogP contribution in [-0.4, -0.2) is 29.6 Å². The van der Waals surface area contributed by atoms with Crippen molar-refractivity contribution in [2.45, 2.75) is 25.7 Å². The standard InChI is InChI=1S/C8H15O2P/c9-8(10)4-7-11-5-2-1-3-6-11/h1-7H2,(H,9,10). The molecule has 0 spiro atoms. The van der Waals surface area contributed by atoms with E-state index in [0.717, 1.165) is 6.16 Å². The molecule has 1 fully saturated rings. The number of rotatable bonds is 3. The van der Waals surface area contributed by atoms with Gasteiger partial charge in [-0.2, -0.15) is 0 Å². The summed E-state index contributed by atoms with van der Waals surface area (Å²) >= 11 is 0. The van der Waals surface area contributed by atoms with Crippen LogP contribution in [0.2, 0.25) is 0 Å². The third-order valence-electron chi connectivity index (χ3n) is 2.09. The highest BCUT2D eigenvalue weighted by molar-refractivity contribution is 7.57. The Morgan fingerprint density at radius 3 is 2.45 bits per heavy atom. The van der Waals surface area contributed by atoms with Gasteiger partial charge in [0.1, 0.15) is 0 Å². The highest BCUT2D eigenvalue weighted by Gasteiger charge is 2.13. The largest absolute Gasteiger partial charge is 0.481 e. The van der Waals surface area contributed by atoms with E-state index in [0.29, 0.717) is 6.42 Å². The molecule has 1 aliphatic rings. The van der Waals surface area contributed by atoms with Gasteiger partial charge in [0.2, 0.25) is 0 Å². The van der Waals surface area contributed by atoms with Crippen LogP contribution in [0.15, 0.2) is 0 Å². The van der Waals surface area contributed by atoms with E-state index >= 15 is 0 Å². The average molecular weight is 174 g/mol. The van der Waals surface area contributed by atoms with Crippen LogP contribution in [-0.2, 0) is 4.79 Å². The summed E-state index contributed by atoms with van der Waals surface area (Å²) in [7, 11) is 0.115. The lowest BCUT2D eigenvalue weighted by molar-refractivity contribution is -0.136. The Morgan fingerprint density at radius 2 is 1.91 bits per heavy atom. The number of aliphatic carboxylic acids is 1. The Kier molecular flexibility index (Phi) is 3.85. The molecule has 0 radical (unpaired) electrons. The van der Waals surface area contributed by atoms with Gasteiger partial charge in [-0.25, -0.2) is 0 Å². The summed E-state index contributed by atoms with van der Waals surface area (Å²) in [5.74, 6) is -0.627. The highest BCUT2D eigenvalue weighted by atomic mass is 31.1. The molecule has 64 valence electrons. The summed E-state index contributed by atoms with van der Waals surface area (Å²) in [5.41, 5.74) is 0. The SMILES string of the molecule is O=C(O)CCP1CCCCC1. The maximum atomic E-state index is 10.3. The number of carboxylic acids is 1. The first kappa shape index (κ1) is 8.99. The normalized spacial score (nSPS) is 20.0. The third-order valence-corrected chi connectivity index (χ3v) is 4.84. The first-order valence-electron chi connectivity index (χ1n) is 4.23. The van der Waals surface area contributed by atoms with Gasteiger partial charge in [-0.15, -0.1) is 7.92 Å². The van der Waals surface area contributed by atoms with Crippen molar-refractivity contribution in [1.29, 1.82) is 0 Å². The minimum atomic E-state index is -0.627. The molecular weight excluding hydrogens is 159 g/mol. The van der Waals surface area contributed by atoms with E-state index in [1.165, 1.54) is 31.6 Å². The quantitative estimate of drug-likeness (QED) is 0.665. The van der Waals surface area contributed by atoms with Gasteiger partial charge in [0.15, 0.2) is 0 Å². The Hall–Kier alpha value is -0.100. The van der Waals surface area contributed by atoms with Crippen LogP contribution in [0.25, 0.3) is 0 Å². The van der Waals surface area contributed by atoms with E-state index in [1.54, 1.807) is 0 Å². The van der Waals surface area contributed by atoms with Gasteiger partial charge < -0.3 is 5.11 Å². The van der Waals surface area contributed by atoms with Crippen LogP contribution >= 0.6 is 7.92 Å². The molecular formula is C8H15O2P. The molecule has 0 saturated carbocycles. The molecule has 1 rings (SSSR count). The molecule has 0 bridgehead atoms. The fourth-order valence-electron chi connectivity index (χ4n) is 1.44. The molecule has 2 nitrogen and oxygen atoms in total. The van der Waals surface area contributed by atoms with Gasteiger partial charge in [0.25, 0.3) is 0 Å². The van der Waals surface area contributed by atoms with Gasteiger partial charge >= 0.3 is 5.97 Å². The van der Waals surface area contributed by atoms with Crippen LogP contribution in [0, 0.1) is 0 Å². The Bertz CT molecular complexity index is 130. The molecule has 1 N–H and O–H groups in total. The van der Waals surface area contributed by atoms with E-state index < -0.39 is 5.97 Å². The maximum absolute atomic E-state index is 10.3. The molecule has 0 unspecified atom stereocenters. The van der Waals surface area contributed by atoms with Gasteiger partial charge in [0, 0.05) is 6.42 Å². The number of hydrogen-bond acceptors (Lipinski definition) is 1. The lowest BCUT2D eigenvalue weighted by Crippen LogP contribution is -2.05. The topological polar surface area (TPSA) is 37.3 Å². The summed E-state index contributed by atoms with van der Waals surface area (Å²) < 4.78 is 0. The first-order valence-corrected chi connectivity index (χ1v) is 6.13. The Balaban J connectivity index is 2.09. The monoisotopic (exact) mass is 174 g/mol. The number of carbonyl (C=O) groups is 1. The van der Waals surface area contributed by atoms with Crippen LogP contribution in [0.4, 0.5) is 0 Å². The summed E-state index contributed by atoms with van der Waals surface area (Å²) in [4.78, 5) is 10.3. The van der Waals surface area contributed by atoms with Crippen molar-refractivity contribution >= 4 is 13.9 Å². The fraction of sp³-hybridized carbons (Fsp3) is 0.875. The van der Waals surface area contributed by atoms with Gasteiger partial charge in [-0.05, 0) is 31.3 Å². The smallest absolute Gasteiger partial charge is 0.303 e. The molecule has 1 saturated heterocycles. The summed E-state index contributed by atoms with van der Waals surface area (Å²) in [6.07, 6.45) is 8.05. The average Bonchev–Trinajstić information content (AvgIpc) is 2.03. The molecule has 0 aromatic rings. The van der Waals surface area contributed by atoms with E-state index in [-0.39, 0.29) is 7.92 Å². The van der Waals surface area contributed by atoms with E-state index in [1.807, 2.05) is 0 Å². The maximum Gasteiger partial charge on any atom is 0.303 e. The van der Waals surface area contributed by atoms with Crippen LogP contribution in [0.1, 0.15) is 25.7 Å². The minimum absolute atomic E-state index is 0.115. The van der Waals surface area contributed by atoms with Crippen molar-refractivity contribution < 1.29 is 9.90 Å². The van der Waals surface area contributed by atoms with Crippen LogP contribution in [0.3, 0.4) is 0 Å². The second-order valence-corrected chi connectivity index (χ2v) is 5.73. The van der Waals surface area contributed by atoms with Crippen LogP contribution < -0.4 is 0 Å². The molecule has 11 heavy (non-hydrogen) atoms. The van der Waals surface area contributed by atoms with E-state index in [4.69, 9.17) is 5.11 Å². The Morgan fingerprint density at radius 1 is 1.27 bits per heavy atom. The van der Waals surface area contributed by atoms with Crippen molar-refractivity contribution in [3.8, 4) is 0 Å². The van der Waals surface area contributed by atoms with Gasteiger partial charge in [-0.1, -0.05) is 6.42 Å². The van der Waals surface area contributed by atoms with Crippen molar-refractivity contribution in [2.75, 3.05) is 18.5 Å². The molecule has 1 heterocycles. The van der Waals surface area contributed by atoms with Crippen molar-refractivity contribution in [1.82, 2.24) is 0 Å². The number of carboxylic acid groups (broad SMARTS) is 1. The van der Waals surface area contributed by atoms with Gasteiger partial charge in [-0.3, -0.25) is 4.79 Å². The van der Waals surface area contributed by atoms with Crippen molar-refractivity contribution in [2.24, 2.45) is 0 Å². The molecule has 3 heteroatoms. The predicted octanol–water partition coefficient (Wildman–Crippen LogP) is 2.13. The van der Waals surface area contributed by atoms with Crippen molar-refractivity contribution in [3.05, 3.63) is 0 Å². The highest BCUT2D eigenvalue weighted by Crippen LogP contribution is 2.41. The summed E-state index contributed by atoms with van der Waals surface area (Å²) in [6.45, 7) is 0. The lowest BCUT2D eigenvalue weighted by atomic mass is 10.3. The van der Waals surface area contributed by atoms with E-state index in [2.05, 4.69) is 0 Å². The number of hydrogen-bond donors (Lipinski definition) is 1. The molecule has 0 aliphatic carbocycles. The molecule has 1 aliphatic heterocycles. The van der Waals surface area contributed by atoms with Crippen molar-refractivity contribution in [3.63, 3.8) is 0 Å². The molecule has 0 atom stereocenters. The molecule has 0 aromatic heterocycles. The molecule has 0 aromatic carbocycles. The van der Waals surface area contributed by atoms with E-state index in [9.17, 15) is 4.79 Å². The predicted molar refractivity (Wildman–Crippen MR) is 47.6 cm³/mol. The molecule has 0 amide bonds. The zero-order valence-corrected chi connectivity index (χ0v) is 7.65.